The lowest BCUT2D eigenvalue weighted by Gasteiger charge is -2.08. The standard InChI is InChI=1S/C22H21ClFN/c23-21-9-4-5-17(15-21)11-12-25-16-19-7-3-6-18(13-19)14-20-8-1-2-10-22(20)24/h1-10,13,15,25H,11-12,14,16H2. The summed E-state index contributed by atoms with van der Waals surface area (Å²) in [6, 6.07) is 23.2. The summed E-state index contributed by atoms with van der Waals surface area (Å²) in [5, 5.41) is 4.23. The molecule has 3 aromatic carbocycles. The molecule has 0 unspecified atom stereocenters. The zero-order valence-electron chi connectivity index (χ0n) is 14.0. The minimum atomic E-state index is -0.146. The lowest BCUT2D eigenvalue weighted by atomic mass is 10.0. The lowest BCUT2D eigenvalue weighted by Crippen LogP contribution is -2.16. The molecule has 0 saturated carbocycles. The maximum absolute atomic E-state index is 13.8. The van der Waals surface area contributed by atoms with Gasteiger partial charge in [-0.2, -0.15) is 0 Å². The van der Waals surface area contributed by atoms with Gasteiger partial charge in [0.05, 0.1) is 0 Å². The van der Waals surface area contributed by atoms with Gasteiger partial charge in [0, 0.05) is 18.0 Å². The Morgan fingerprint density at radius 3 is 2.40 bits per heavy atom. The van der Waals surface area contributed by atoms with Crippen molar-refractivity contribution in [2.24, 2.45) is 0 Å². The molecule has 0 aromatic heterocycles. The molecule has 0 radical (unpaired) electrons. The molecule has 0 atom stereocenters. The Morgan fingerprint density at radius 1 is 0.800 bits per heavy atom. The van der Waals surface area contributed by atoms with Crippen LogP contribution in [0.2, 0.25) is 5.02 Å². The molecule has 0 saturated heterocycles. The van der Waals surface area contributed by atoms with Gasteiger partial charge < -0.3 is 5.32 Å². The molecule has 0 amide bonds. The van der Waals surface area contributed by atoms with Crippen molar-refractivity contribution >= 4 is 11.6 Å². The molecular formula is C22H21ClFN. The SMILES string of the molecule is Fc1ccccc1Cc1cccc(CNCCc2cccc(Cl)c2)c1. The second kappa shape index (κ2) is 8.80. The Balaban J connectivity index is 1.52. The van der Waals surface area contributed by atoms with Crippen LogP contribution in [0.5, 0.6) is 0 Å². The number of hydrogen-bond donors (Lipinski definition) is 1. The zero-order valence-corrected chi connectivity index (χ0v) is 14.8. The van der Waals surface area contributed by atoms with Crippen molar-refractivity contribution in [2.75, 3.05) is 6.54 Å². The normalized spacial score (nSPS) is 10.8. The first kappa shape index (κ1) is 17.7. The minimum Gasteiger partial charge on any atom is -0.312 e. The van der Waals surface area contributed by atoms with Crippen LogP contribution < -0.4 is 5.32 Å². The van der Waals surface area contributed by atoms with Gasteiger partial charge in [-0.15, -0.1) is 0 Å². The number of halogens is 2. The van der Waals surface area contributed by atoms with Crippen molar-refractivity contribution in [1.82, 2.24) is 5.32 Å². The summed E-state index contributed by atoms with van der Waals surface area (Å²) in [7, 11) is 0. The molecule has 1 N–H and O–H groups in total. The van der Waals surface area contributed by atoms with Gasteiger partial charge in [0.1, 0.15) is 5.82 Å². The monoisotopic (exact) mass is 353 g/mol. The number of benzene rings is 3. The van der Waals surface area contributed by atoms with Gasteiger partial charge in [-0.25, -0.2) is 4.39 Å². The van der Waals surface area contributed by atoms with Gasteiger partial charge in [-0.1, -0.05) is 66.2 Å². The van der Waals surface area contributed by atoms with E-state index in [1.807, 2.05) is 42.5 Å². The summed E-state index contributed by atoms with van der Waals surface area (Å²) in [6.45, 7) is 1.68. The topological polar surface area (TPSA) is 12.0 Å². The van der Waals surface area contributed by atoms with E-state index in [2.05, 4.69) is 23.5 Å². The third kappa shape index (κ3) is 5.42. The number of hydrogen-bond acceptors (Lipinski definition) is 1. The van der Waals surface area contributed by atoms with Crippen molar-refractivity contribution in [3.8, 4) is 0 Å². The van der Waals surface area contributed by atoms with Gasteiger partial charge in [-0.05, 0) is 53.4 Å². The third-order valence-electron chi connectivity index (χ3n) is 4.15. The summed E-state index contributed by atoms with van der Waals surface area (Å²) >= 11 is 6.00. The Hall–Kier alpha value is -2.16. The van der Waals surface area contributed by atoms with Gasteiger partial charge in [0.25, 0.3) is 0 Å². The first-order valence-corrected chi connectivity index (χ1v) is 8.85. The molecule has 3 aromatic rings. The molecule has 0 aliphatic rings. The Labute approximate surface area is 153 Å². The van der Waals surface area contributed by atoms with E-state index in [4.69, 9.17) is 11.6 Å². The molecule has 3 rings (SSSR count). The average molecular weight is 354 g/mol. The molecule has 25 heavy (non-hydrogen) atoms. The van der Waals surface area contributed by atoms with Crippen LogP contribution in [0.3, 0.4) is 0 Å². The minimum absolute atomic E-state index is 0.146. The van der Waals surface area contributed by atoms with E-state index in [1.165, 1.54) is 17.2 Å². The first-order valence-electron chi connectivity index (χ1n) is 8.47. The summed E-state index contributed by atoms with van der Waals surface area (Å²) < 4.78 is 13.8. The fourth-order valence-electron chi connectivity index (χ4n) is 2.87. The van der Waals surface area contributed by atoms with E-state index in [0.29, 0.717) is 6.42 Å². The quantitative estimate of drug-likeness (QED) is 0.560. The Bertz CT molecular complexity index is 832. The summed E-state index contributed by atoms with van der Waals surface area (Å²) in [5.41, 5.74) is 4.29. The molecule has 0 aliphatic heterocycles. The highest BCUT2D eigenvalue weighted by Gasteiger charge is 2.03. The van der Waals surface area contributed by atoms with Crippen molar-refractivity contribution < 1.29 is 4.39 Å². The van der Waals surface area contributed by atoms with Crippen LogP contribution in [0.25, 0.3) is 0 Å². The van der Waals surface area contributed by atoms with E-state index >= 15 is 0 Å². The number of nitrogens with one attached hydrogen (secondary N) is 1. The fourth-order valence-corrected chi connectivity index (χ4v) is 3.08. The molecular weight excluding hydrogens is 333 g/mol. The van der Waals surface area contributed by atoms with Gasteiger partial charge in [-0.3, -0.25) is 0 Å². The molecule has 128 valence electrons. The predicted molar refractivity (Wildman–Crippen MR) is 103 cm³/mol. The maximum atomic E-state index is 13.8. The van der Waals surface area contributed by atoms with Crippen LogP contribution in [0.1, 0.15) is 22.3 Å². The molecule has 0 heterocycles. The van der Waals surface area contributed by atoms with E-state index in [0.717, 1.165) is 35.7 Å². The first-order chi connectivity index (χ1) is 12.2. The van der Waals surface area contributed by atoms with Gasteiger partial charge in [0.15, 0.2) is 0 Å². The van der Waals surface area contributed by atoms with E-state index < -0.39 is 0 Å². The van der Waals surface area contributed by atoms with Gasteiger partial charge >= 0.3 is 0 Å². The molecule has 3 heteroatoms. The van der Waals surface area contributed by atoms with Crippen LogP contribution in [-0.2, 0) is 19.4 Å². The van der Waals surface area contributed by atoms with Crippen molar-refractivity contribution in [2.45, 2.75) is 19.4 Å². The summed E-state index contributed by atoms with van der Waals surface area (Å²) in [5.74, 6) is -0.146. The Kier molecular flexibility index (Phi) is 6.21. The smallest absolute Gasteiger partial charge is 0.126 e. The second-order valence-electron chi connectivity index (χ2n) is 6.14. The molecule has 0 fully saturated rings. The molecule has 0 bridgehead atoms. The number of rotatable bonds is 7. The highest BCUT2D eigenvalue weighted by atomic mass is 35.5. The van der Waals surface area contributed by atoms with Crippen molar-refractivity contribution in [1.29, 1.82) is 0 Å². The zero-order chi connectivity index (χ0) is 17.5. The van der Waals surface area contributed by atoms with Crippen molar-refractivity contribution in [3.63, 3.8) is 0 Å². The van der Waals surface area contributed by atoms with E-state index in [1.54, 1.807) is 6.07 Å². The fraction of sp³-hybridized carbons (Fsp3) is 0.182. The van der Waals surface area contributed by atoms with Crippen LogP contribution in [0.15, 0.2) is 72.8 Å². The highest BCUT2D eigenvalue weighted by Crippen LogP contribution is 2.15. The van der Waals surface area contributed by atoms with E-state index in [-0.39, 0.29) is 5.82 Å². The van der Waals surface area contributed by atoms with Crippen LogP contribution in [0, 0.1) is 5.82 Å². The predicted octanol–water partition coefficient (Wildman–Crippen LogP) is 5.40. The largest absolute Gasteiger partial charge is 0.312 e. The van der Waals surface area contributed by atoms with E-state index in [9.17, 15) is 4.39 Å². The maximum Gasteiger partial charge on any atom is 0.126 e. The Morgan fingerprint density at radius 2 is 1.56 bits per heavy atom. The van der Waals surface area contributed by atoms with Crippen molar-refractivity contribution in [3.05, 3.63) is 106 Å². The highest BCUT2D eigenvalue weighted by molar-refractivity contribution is 6.30. The molecule has 0 aliphatic carbocycles. The third-order valence-corrected chi connectivity index (χ3v) is 4.39. The van der Waals surface area contributed by atoms with Crippen LogP contribution in [0.4, 0.5) is 4.39 Å². The molecule has 0 spiro atoms. The van der Waals surface area contributed by atoms with Crippen LogP contribution >= 0.6 is 11.6 Å². The average Bonchev–Trinajstić information content (AvgIpc) is 2.61. The molecule has 1 nitrogen and oxygen atoms in total. The summed E-state index contributed by atoms with van der Waals surface area (Å²) in [6.07, 6.45) is 1.55. The van der Waals surface area contributed by atoms with Gasteiger partial charge in [0.2, 0.25) is 0 Å². The lowest BCUT2D eigenvalue weighted by molar-refractivity contribution is 0.614. The summed E-state index contributed by atoms with van der Waals surface area (Å²) in [4.78, 5) is 0. The second-order valence-corrected chi connectivity index (χ2v) is 6.58. The van der Waals surface area contributed by atoms with Crippen LogP contribution in [-0.4, -0.2) is 6.54 Å².